The Morgan fingerprint density at radius 3 is 2.48 bits per heavy atom. The van der Waals surface area contributed by atoms with E-state index in [1.165, 1.54) is 0 Å². The quantitative estimate of drug-likeness (QED) is 0.874. The van der Waals surface area contributed by atoms with Crippen LogP contribution in [0.15, 0.2) is 29.2 Å². The molecule has 0 spiro atoms. The lowest BCUT2D eigenvalue weighted by Gasteiger charge is -2.20. The summed E-state index contributed by atoms with van der Waals surface area (Å²) in [6.45, 7) is 9.46. The molecular formula is C21H26N2O4. The molecule has 3 rings (SSSR count). The first-order valence-corrected chi connectivity index (χ1v) is 9.28. The molecular weight excluding hydrogens is 344 g/mol. The molecule has 6 nitrogen and oxygen atoms in total. The summed E-state index contributed by atoms with van der Waals surface area (Å²) in [4.78, 5) is 25.7. The minimum absolute atomic E-state index is 0.176. The maximum Gasteiger partial charge on any atom is 0.263 e. The molecule has 1 aromatic carbocycles. The minimum atomic E-state index is -0.406. The van der Waals surface area contributed by atoms with Crippen molar-refractivity contribution in [1.29, 1.82) is 0 Å². The van der Waals surface area contributed by atoms with Crippen LogP contribution in [0.25, 0.3) is 0 Å². The lowest BCUT2D eigenvalue weighted by Crippen LogP contribution is -2.30. The smallest absolute Gasteiger partial charge is 0.263 e. The molecule has 1 N–H and O–H groups in total. The molecule has 0 saturated carbocycles. The second-order valence-corrected chi connectivity index (χ2v) is 7.32. The van der Waals surface area contributed by atoms with Gasteiger partial charge in [-0.2, -0.15) is 0 Å². The number of nitrogens with zero attached hydrogens (tertiary/aromatic N) is 1. The number of rotatable bonds is 5. The van der Waals surface area contributed by atoms with Crippen molar-refractivity contribution in [3.05, 3.63) is 51.4 Å². The molecule has 2 aromatic rings. The second-order valence-electron chi connectivity index (χ2n) is 7.32. The zero-order valence-corrected chi connectivity index (χ0v) is 16.3. The Morgan fingerprint density at radius 2 is 1.81 bits per heavy atom. The van der Waals surface area contributed by atoms with Gasteiger partial charge in [0, 0.05) is 24.5 Å². The average molecular weight is 370 g/mol. The molecule has 0 fully saturated rings. The van der Waals surface area contributed by atoms with Crippen molar-refractivity contribution in [1.82, 2.24) is 4.57 Å². The number of benzene rings is 1. The fraction of sp³-hybridized carbons (Fsp3) is 0.429. The van der Waals surface area contributed by atoms with Crippen molar-refractivity contribution in [2.75, 3.05) is 18.5 Å². The highest BCUT2D eigenvalue weighted by atomic mass is 16.6. The normalized spacial score (nSPS) is 12.9. The summed E-state index contributed by atoms with van der Waals surface area (Å²) < 4.78 is 12.8. The van der Waals surface area contributed by atoms with Gasteiger partial charge in [-0.1, -0.05) is 13.8 Å². The Kier molecular flexibility index (Phi) is 5.54. The summed E-state index contributed by atoms with van der Waals surface area (Å²) in [5.74, 6) is 1.34. The Balaban J connectivity index is 1.88. The number of pyridine rings is 1. The van der Waals surface area contributed by atoms with Crippen LogP contribution in [0.4, 0.5) is 5.69 Å². The SMILES string of the molecule is Cc1cc2c(cc1NC(=O)c1c(C)ccn(CCC(C)C)c1=O)OCCO2. The van der Waals surface area contributed by atoms with Crippen molar-refractivity contribution >= 4 is 11.6 Å². The summed E-state index contributed by atoms with van der Waals surface area (Å²) in [6, 6.07) is 5.40. The third kappa shape index (κ3) is 4.15. The fourth-order valence-electron chi connectivity index (χ4n) is 3.02. The highest BCUT2D eigenvalue weighted by Gasteiger charge is 2.19. The topological polar surface area (TPSA) is 69.6 Å². The number of aryl methyl sites for hydroxylation is 3. The van der Waals surface area contributed by atoms with Gasteiger partial charge in [-0.05, 0) is 49.4 Å². The molecule has 0 saturated heterocycles. The molecule has 1 aliphatic rings. The minimum Gasteiger partial charge on any atom is -0.486 e. The van der Waals surface area contributed by atoms with Gasteiger partial charge in [0.25, 0.3) is 11.5 Å². The van der Waals surface area contributed by atoms with E-state index >= 15 is 0 Å². The molecule has 0 atom stereocenters. The standard InChI is InChI=1S/C21H26N2O4/c1-13(2)5-7-23-8-6-14(3)19(21(23)25)20(24)22-16-12-18-17(11-15(16)4)26-9-10-27-18/h6,8,11-13H,5,7,9-10H2,1-4H3,(H,22,24). The van der Waals surface area contributed by atoms with Crippen molar-refractivity contribution < 1.29 is 14.3 Å². The van der Waals surface area contributed by atoms with E-state index in [0.717, 1.165) is 12.0 Å². The third-order valence-electron chi connectivity index (χ3n) is 4.69. The monoisotopic (exact) mass is 370 g/mol. The zero-order chi connectivity index (χ0) is 19.6. The molecule has 144 valence electrons. The van der Waals surface area contributed by atoms with E-state index < -0.39 is 5.91 Å². The molecule has 1 amide bonds. The van der Waals surface area contributed by atoms with E-state index in [9.17, 15) is 9.59 Å². The van der Waals surface area contributed by atoms with Gasteiger partial charge in [-0.25, -0.2) is 0 Å². The molecule has 1 aliphatic heterocycles. The number of anilines is 1. The number of hydrogen-bond donors (Lipinski definition) is 1. The number of aromatic nitrogens is 1. The van der Waals surface area contributed by atoms with E-state index in [0.29, 0.717) is 48.4 Å². The predicted molar refractivity (Wildman–Crippen MR) is 105 cm³/mol. The maximum absolute atomic E-state index is 12.9. The lowest BCUT2D eigenvalue weighted by atomic mass is 10.1. The van der Waals surface area contributed by atoms with Crippen LogP contribution in [-0.2, 0) is 6.54 Å². The number of carbonyl (C=O) groups excluding carboxylic acids is 1. The molecule has 0 radical (unpaired) electrons. The molecule has 0 unspecified atom stereocenters. The summed E-state index contributed by atoms with van der Waals surface area (Å²) in [7, 11) is 0. The number of nitrogens with one attached hydrogen (secondary N) is 1. The van der Waals surface area contributed by atoms with E-state index in [1.54, 1.807) is 23.8 Å². The Labute approximate surface area is 159 Å². The largest absolute Gasteiger partial charge is 0.486 e. The highest BCUT2D eigenvalue weighted by molar-refractivity contribution is 6.05. The number of fused-ring (bicyclic) bond motifs is 1. The van der Waals surface area contributed by atoms with E-state index in [2.05, 4.69) is 19.2 Å². The van der Waals surface area contributed by atoms with Crippen LogP contribution in [0.1, 0.15) is 41.8 Å². The van der Waals surface area contributed by atoms with Crippen LogP contribution < -0.4 is 20.3 Å². The van der Waals surface area contributed by atoms with Gasteiger partial charge in [0.2, 0.25) is 0 Å². The Morgan fingerprint density at radius 1 is 1.15 bits per heavy atom. The van der Waals surface area contributed by atoms with Gasteiger partial charge in [-0.3, -0.25) is 9.59 Å². The van der Waals surface area contributed by atoms with Crippen LogP contribution in [0, 0.1) is 19.8 Å². The average Bonchev–Trinajstić information content (AvgIpc) is 2.61. The molecule has 27 heavy (non-hydrogen) atoms. The molecule has 1 aromatic heterocycles. The van der Waals surface area contributed by atoms with Crippen LogP contribution in [0.2, 0.25) is 0 Å². The third-order valence-corrected chi connectivity index (χ3v) is 4.69. The van der Waals surface area contributed by atoms with Crippen LogP contribution in [-0.4, -0.2) is 23.7 Å². The number of carbonyl (C=O) groups is 1. The van der Waals surface area contributed by atoms with Crippen molar-refractivity contribution in [2.24, 2.45) is 5.92 Å². The molecule has 2 heterocycles. The summed E-state index contributed by atoms with van der Waals surface area (Å²) in [5.41, 5.74) is 2.04. The van der Waals surface area contributed by atoms with Gasteiger partial charge < -0.3 is 19.4 Å². The summed E-state index contributed by atoms with van der Waals surface area (Å²) in [6.07, 6.45) is 2.64. The van der Waals surface area contributed by atoms with Gasteiger partial charge in [0.15, 0.2) is 11.5 Å². The Hall–Kier alpha value is -2.76. The highest BCUT2D eigenvalue weighted by Crippen LogP contribution is 2.35. The lowest BCUT2D eigenvalue weighted by molar-refractivity contribution is 0.102. The number of amides is 1. The van der Waals surface area contributed by atoms with Crippen molar-refractivity contribution in [3.8, 4) is 11.5 Å². The summed E-state index contributed by atoms with van der Waals surface area (Å²) in [5, 5.41) is 2.86. The van der Waals surface area contributed by atoms with E-state index in [4.69, 9.17) is 9.47 Å². The predicted octanol–water partition coefficient (Wildman–Crippen LogP) is 3.53. The van der Waals surface area contributed by atoms with Crippen molar-refractivity contribution in [2.45, 2.75) is 40.7 Å². The first-order valence-electron chi connectivity index (χ1n) is 9.28. The second kappa shape index (κ2) is 7.86. The van der Waals surface area contributed by atoms with Crippen LogP contribution in [0.3, 0.4) is 0 Å². The van der Waals surface area contributed by atoms with Crippen LogP contribution in [0.5, 0.6) is 11.5 Å². The maximum atomic E-state index is 12.9. The zero-order valence-electron chi connectivity index (χ0n) is 16.3. The van der Waals surface area contributed by atoms with Gasteiger partial charge in [0.05, 0.1) is 0 Å². The Bertz CT molecular complexity index is 915. The summed E-state index contributed by atoms with van der Waals surface area (Å²) >= 11 is 0. The molecule has 0 aliphatic carbocycles. The van der Waals surface area contributed by atoms with Gasteiger partial charge in [0.1, 0.15) is 18.8 Å². The fourth-order valence-corrected chi connectivity index (χ4v) is 3.02. The number of ether oxygens (including phenoxy) is 2. The van der Waals surface area contributed by atoms with E-state index in [-0.39, 0.29) is 11.1 Å². The first kappa shape index (κ1) is 19.0. The van der Waals surface area contributed by atoms with Gasteiger partial charge >= 0.3 is 0 Å². The van der Waals surface area contributed by atoms with Crippen LogP contribution >= 0.6 is 0 Å². The van der Waals surface area contributed by atoms with Crippen molar-refractivity contribution in [3.63, 3.8) is 0 Å². The van der Waals surface area contributed by atoms with E-state index in [1.807, 2.05) is 19.1 Å². The first-order chi connectivity index (χ1) is 12.9. The number of hydrogen-bond acceptors (Lipinski definition) is 4. The molecule has 6 heteroatoms. The molecule has 0 bridgehead atoms. The van der Waals surface area contributed by atoms with Gasteiger partial charge in [-0.15, -0.1) is 0 Å².